The van der Waals surface area contributed by atoms with Crippen molar-refractivity contribution in [1.82, 2.24) is 5.32 Å². The standard InChI is InChI=1S/C13H29NO2/c1-6-16-9-12(15)7-14-8-13(10(2)3)11(4)5/h10-15H,6-9H2,1-5H3. The molecule has 98 valence electrons. The van der Waals surface area contributed by atoms with E-state index < -0.39 is 0 Å². The molecule has 0 aliphatic rings. The molecular formula is C13H29NO2. The molecule has 0 spiro atoms. The monoisotopic (exact) mass is 231 g/mol. The van der Waals surface area contributed by atoms with Gasteiger partial charge in [-0.2, -0.15) is 0 Å². The molecule has 0 aromatic carbocycles. The van der Waals surface area contributed by atoms with Gasteiger partial charge in [0.15, 0.2) is 0 Å². The van der Waals surface area contributed by atoms with Gasteiger partial charge in [0, 0.05) is 13.2 Å². The van der Waals surface area contributed by atoms with Gasteiger partial charge in [-0.05, 0) is 31.2 Å². The highest BCUT2D eigenvalue weighted by molar-refractivity contribution is 4.70. The number of rotatable bonds is 9. The molecule has 0 amide bonds. The van der Waals surface area contributed by atoms with Crippen LogP contribution in [0.2, 0.25) is 0 Å². The third-order valence-corrected chi connectivity index (χ3v) is 2.99. The number of hydrogen-bond donors (Lipinski definition) is 2. The minimum atomic E-state index is -0.389. The van der Waals surface area contributed by atoms with Crippen molar-refractivity contribution in [2.45, 2.75) is 40.7 Å². The lowest BCUT2D eigenvalue weighted by molar-refractivity contribution is 0.0417. The molecule has 0 radical (unpaired) electrons. The molecule has 0 fully saturated rings. The molecule has 0 bridgehead atoms. The highest BCUT2D eigenvalue weighted by Crippen LogP contribution is 2.19. The summed E-state index contributed by atoms with van der Waals surface area (Å²) in [6.07, 6.45) is -0.389. The molecule has 0 aromatic heterocycles. The van der Waals surface area contributed by atoms with Gasteiger partial charge in [-0.15, -0.1) is 0 Å². The maximum absolute atomic E-state index is 9.58. The van der Waals surface area contributed by atoms with E-state index in [9.17, 15) is 5.11 Å². The van der Waals surface area contributed by atoms with Crippen molar-refractivity contribution in [3.05, 3.63) is 0 Å². The molecule has 3 nitrogen and oxygen atoms in total. The summed E-state index contributed by atoms with van der Waals surface area (Å²) in [4.78, 5) is 0. The first-order valence-electron chi connectivity index (χ1n) is 6.45. The molecule has 0 saturated heterocycles. The van der Waals surface area contributed by atoms with Gasteiger partial charge in [-0.25, -0.2) is 0 Å². The Kier molecular flexibility index (Phi) is 8.90. The summed E-state index contributed by atoms with van der Waals surface area (Å²) in [5.74, 6) is 2.02. The van der Waals surface area contributed by atoms with E-state index in [0.717, 1.165) is 6.54 Å². The normalized spacial score (nSPS) is 14.1. The number of ether oxygens (including phenoxy) is 1. The maximum Gasteiger partial charge on any atom is 0.0897 e. The minimum Gasteiger partial charge on any atom is -0.389 e. The van der Waals surface area contributed by atoms with Gasteiger partial charge in [0.1, 0.15) is 0 Å². The third kappa shape index (κ3) is 7.20. The second kappa shape index (κ2) is 8.97. The molecule has 1 atom stereocenters. The Morgan fingerprint density at radius 1 is 1.06 bits per heavy atom. The van der Waals surface area contributed by atoms with Crippen LogP contribution in [0.25, 0.3) is 0 Å². The number of aliphatic hydroxyl groups is 1. The van der Waals surface area contributed by atoms with Gasteiger partial charge in [0.05, 0.1) is 12.7 Å². The van der Waals surface area contributed by atoms with Crippen LogP contribution in [0.3, 0.4) is 0 Å². The van der Waals surface area contributed by atoms with Crippen molar-refractivity contribution in [3.8, 4) is 0 Å². The summed E-state index contributed by atoms with van der Waals surface area (Å²) in [5, 5.41) is 12.9. The fourth-order valence-corrected chi connectivity index (χ4v) is 1.97. The van der Waals surface area contributed by atoms with Crippen molar-refractivity contribution < 1.29 is 9.84 Å². The van der Waals surface area contributed by atoms with Crippen LogP contribution in [0.4, 0.5) is 0 Å². The number of aliphatic hydroxyl groups excluding tert-OH is 1. The molecular weight excluding hydrogens is 202 g/mol. The van der Waals surface area contributed by atoms with E-state index >= 15 is 0 Å². The SMILES string of the molecule is CCOCC(O)CNCC(C(C)C)C(C)C. The molecule has 3 heteroatoms. The second-order valence-corrected chi connectivity index (χ2v) is 5.12. The lowest BCUT2D eigenvalue weighted by Crippen LogP contribution is -2.36. The zero-order chi connectivity index (χ0) is 12.6. The second-order valence-electron chi connectivity index (χ2n) is 5.12. The van der Waals surface area contributed by atoms with E-state index in [4.69, 9.17) is 4.74 Å². The fourth-order valence-electron chi connectivity index (χ4n) is 1.97. The van der Waals surface area contributed by atoms with Crippen LogP contribution < -0.4 is 5.32 Å². The summed E-state index contributed by atoms with van der Waals surface area (Å²) in [6.45, 7) is 13.6. The first kappa shape index (κ1) is 15.9. The van der Waals surface area contributed by atoms with Crippen LogP contribution in [-0.2, 0) is 4.74 Å². The number of hydrogen-bond acceptors (Lipinski definition) is 3. The lowest BCUT2D eigenvalue weighted by atomic mass is 9.85. The first-order chi connectivity index (χ1) is 7.49. The molecule has 16 heavy (non-hydrogen) atoms. The lowest BCUT2D eigenvalue weighted by Gasteiger charge is -2.25. The van der Waals surface area contributed by atoms with E-state index in [1.807, 2.05) is 6.92 Å². The molecule has 0 aliphatic carbocycles. The highest BCUT2D eigenvalue weighted by atomic mass is 16.5. The average molecular weight is 231 g/mol. The average Bonchev–Trinajstić information content (AvgIpc) is 2.20. The van der Waals surface area contributed by atoms with Gasteiger partial charge in [-0.1, -0.05) is 27.7 Å². The van der Waals surface area contributed by atoms with Crippen LogP contribution >= 0.6 is 0 Å². The Bertz CT molecular complexity index is 152. The molecule has 0 rings (SSSR count). The van der Waals surface area contributed by atoms with Crippen LogP contribution in [0.15, 0.2) is 0 Å². The van der Waals surface area contributed by atoms with E-state index in [0.29, 0.717) is 37.5 Å². The summed E-state index contributed by atoms with van der Waals surface area (Å²) >= 11 is 0. The smallest absolute Gasteiger partial charge is 0.0897 e. The third-order valence-electron chi connectivity index (χ3n) is 2.99. The summed E-state index contributed by atoms with van der Waals surface area (Å²) in [5.41, 5.74) is 0. The Balaban J connectivity index is 3.69. The maximum atomic E-state index is 9.58. The molecule has 0 saturated carbocycles. The summed E-state index contributed by atoms with van der Waals surface area (Å²) in [7, 11) is 0. The van der Waals surface area contributed by atoms with Crippen LogP contribution in [0.5, 0.6) is 0 Å². The topological polar surface area (TPSA) is 41.5 Å². The van der Waals surface area contributed by atoms with Gasteiger partial charge in [0.2, 0.25) is 0 Å². The Morgan fingerprint density at radius 2 is 1.62 bits per heavy atom. The van der Waals surface area contributed by atoms with Gasteiger partial charge >= 0.3 is 0 Å². The van der Waals surface area contributed by atoms with E-state index in [-0.39, 0.29) is 6.10 Å². The van der Waals surface area contributed by atoms with Gasteiger partial charge in [-0.3, -0.25) is 0 Å². The zero-order valence-electron chi connectivity index (χ0n) is 11.5. The van der Waals surface area contributed by atoms with E-state index in [1.165, 1.54) is 0 Å². The van der Waals surface area contributed by atoms with Crippen molar-refractivity contribution in [2.24, 2.45) is 17.8 Å². The quantitative estimate of drug-likeness (QED) is 0.637. The van der Waals surface area contributed by atoms with Crippen molar-refractivity contribution >= 4 is 0 Å². The first-order valence-corrected chi connectivity index (χ1v) is 6.45. The van der Waals surface area contributed by atoms with E-state index in [2.05, 4.69) is 33.0 Å². The Hall–Kier alpha value is -0.120. The van der Waals surface area contributed by atoms with Gasteiger partial charge in [0.25, 0.3) is 0 Å². The number of nitrogens with one attached hydrogen (secondary N) is 1. The molecule has 0 heterocycles. The predicted molar refractivity (Wildman–Crippen MR) is 68.5 cm³/mol. The zero-order valence-corrected chi connectivity index (χ0v) is 11.5. The van der Waals surface area contributed by atoms with Crippen LogP contribution in [0.1, 0.15) is 34.6 Å². The van der Waals surface area contributed by atoms with Gasteiger partial charge < -0.3 is 15.2 Å². The molecule has 1 unspecified atom stereocenters. The molecule has 0 aliphatic heterocycles. The summed E-state index contributed by atoms with van der Waals surface area (Å²) < 4.78 is 5.16. The van der Waals surface area contributed by atoms with Crippen molar-refractivity contribution in [1.29, 1.82) is 0 Å². The predicted octanol–water partition coefficient (Wildman–Crippen LogP) is 1.90. The van der Waals surface area contributed by atoms with E-state index in [1.54, 1.807) is 0 Å². The highest BCUT2D eigenvalue weighted by Gasteiger charge is 2.17. The Morgan fingerprint density at radius 3 is 2.06 bits per heavy atom. The fraction of sp³-hybridized carbons (Fsp3) is 1.00. The molecule has 0 aromatic rings. The minimum absolute atomic E-state index is 0.389. The molecule has 2 N–H and O–H groups in total. The van der Waals surface area contributed by atoms with Crippen LogP contribution in [-0.4, -0.2) is 37.5 Å². The Labute approximate surface area is 101 Å². The largest absolute Gasteiger partial charge is 0.389 e. The van der Waals surface area contributed by atoms with Crippen molar-refractivity contribution in [2.75, 3.05) is 26.3 Å². The summed E-state index contributed by atoms with van der Waals surface area (Å²) in [6, 6.07) is 0. The van der Waals surface area contributed by atoms with Crippen LogP contribution in [0, 0.1) is 17.8 Å². The van der Waals surface area contributed by atoms with Crippen molar-refractivity contribution in [3.63, 3.8) is 0 Å².